The van der Waals surface area contributed by atoms with Crippen LogP contribution in [0.1, 0.15) is 6.92 Å². The zero-order valence-corrected chi connectivity index (χ0v) is 9.44. The average Bonchev–Trinajstić information content (AvgIpc) is 1.98. The van der Waals surface area contributed by atoms with Crippen molar-refractivity contribution in [1.82, 2.24) is 4.90 Å². The number of halogens is 1. The third-order valence-electron chi connectivity index (χ3n) is 1.29. The Kier molecular flexibility index (Phi) is 8.91. The van der Waals surface area contributed by atoms with Crippen LogP contribution in [0, 0.1) is 0 Å². The van der Waals surface area contributed by atoms with Gasteiger partial charge < -0.3 is 4.74 Å². The summed E-state index contributed by atoms with van der Waals surface area (Å²) in [5.74, 6) is 1.10. The molecule has 0 atom stereocenters. The molecule has 0 radical (unpaired) electrons. The van der Waals surface area contributed by atoms with Crippen molar-refractivity contribution in [1.29, 1.82) is 0 Å². The first-order valence-corrected chi connectivity index (χ1v) is 6.82. The molecule has 0 aliphatic rings. The van der Waals surface area contributed by atoms with Crippen LogP contribution in [0.5, 0.6) is 0 Å². The normalized spacial score (nSPS) is 10.8. The van der Waals surface area contributed by atoms with E-state index in [1.165, 1.54) is 0 Å². The molecule has 0 aromatic rings. The number of ether oxygens (including phenoxy) is 1. The summed E-state index contributed by atoms with van der Waals surface area (Å²) in [6.07, 6.45) is 0. The first-order chi connectivity index (χ1) is 4.85. The van der Waals surface area contributed by atoms with Gasteiger partial charge in [-0.05, 0) is 27.8 Å². The molecule has 0 heterocycles. The van der Waals surface area contributed by atoms with Crippen molar-refractivity contribution in [3.63, 3.8) is 0 Å². The summed E-state index contributed by atoms with van der Waals surface area (Å²) in [5.41, 5.74) is 0. The van der Waals surface area contributed by atoms with E-state index < -0.39 is 0 Å². The second kappa shape index (κ2) is 8.10. The van der Waals surface area contributed by atoms with E-state index in [4.69, 9.17) is 4.74 Å². The molecule has 62 valence electrons. The summed E-state index contributed by atoms with van der Waals surface area (Å²) in [7, 11) is 3.57. The molecule has 0 N–H and O–H groups in total. The summed E-state index contributed by atoms with van der Waals surface area (Å²) in [5, 5.41) is 0. The third-order valence-corrected chi connectivity index (χ3v) is 2.59. The molecule has 0 aromatic heterocycles. The quantitative estimate of drug-likeness (QED) is 0.543. The highest BCUT2D eigenvalue weighted by atomic mass is 127. The second-order valence-electron chi connectivity index (χ2n) is 1.94. The highest BCUT2D eigenvalue weighted by molar-refractivity contribution is 14.2. The van der Waals surface area contributed by atoms with Gasteiger partial charge in [-0.3, -0.25) is 4.90 Å². The van der Waals surface area contributed by atoms with E-state index in [1.807, 2.05) is 8.93 Å². The molecule has 0 aliphatic heterocycles. The maximum absolute atomic E-state index is 4.97. The lowest BCUT2D eigenvalue weighted by Gasteiger charge is -2.17. The first-order valence-electron chi connectivity index (χ1n) is 3.30. The number of nitrogens with zero attached hydrogens (tertiary/aromatic N) is 1. The lowest BCUT2D eigenvalue weighted by molar-refractivity contribution is 0.161. The Bertz CT molecular complexity index is 74.8. The second-order valence-corrected chi connectivity index (χ2v) is 4.29. The minimum Gasteiger partial charge on any atom is -0.383 e. The van der Waals surface area contributed by atoms with Gasteiger partial charge in [-0.2, -0.15) is 0 Å². The summed E-state index contributed by atoms with van der Waals surface area (Å²) in [4.78, 5) is 2.35. The van der Waals surface area contributed by atoms with Crippen molar-refractivity contribution in [3.05, 3.63) is 0 Å². The van der Waals surface area contributed by atoms with Crippen LogP contribution in [0.2, 0.25) is 0 Å². The van der Waals surface area contributed by atoms with Gasteiger partial charge in [0, 0.05) is 13.7 Å². The van der Waals surface area contributed by atoms with Crippen molar-refractivity contribution in [3.8, 4) is 0 Å². The van der Waals surface area contributed by atoms with Crippen LogP contribution in [-0.2, 0) is 4.74 Å². The van der Waals surface area contributed by atoms with Crippen LogP contribution in [-0.4, -0.2) is 37.6 Å². The van der Waals surface area contributed by atoms with Gasteiger partial charge >= 0.3 is 0 Å². The van der Waals surface area contributed by atoms with E-state index in [0.29, 0.717) is 0 Å². The molecule has 4 heteroatoms. The standard InChI is InChI=1S/C6H14INOS/c1-3-8(6-10-7)4-5-9-2/h3-6H2,1-2H3. The largest absolute Gasteiger partial charge is 0.383 e. The molecule has 0 fully saturated rings. The van der Waals surface area contributed by atoms with Gasteiger partial charge in [-0.1, -0.05) is 15.9 Å². The molecule has 0 aromatic carbocycles. The van der Waals surface area contributed by atoms with Gasteiger partial charge in [-0.15, -0.1) is 0 Å². The van der Waals surface area contributed by atoms with E-state index in [-0.39, 0.29) is 0 Å². The SMILES string of the molecule is CCN(CCOC)CSI. The van der Waals surface area contributed by atoms with Crippen molar-refractivity contribution < 1.29 is 4.74 Å². The van der Waals surface area contributed by atoms with E-state index in [2.05, 4.69) is 33.0 Å². The van der Waals surface area contributed by atoms with Gasteiger partial charge in [0.25, 0.3) is 0 Å². The predicted molar refractivity (Wildman–Crippen MR) is 55.6 cm³/mol. The monoisotopic (exact) mass is 275 g/mol. The van der Waals surface area contributed by atoms with Gasteiger partial charge in [0.2, 0.25) is 0 Å². The smallest absolute Gasteiger partial charge is 0.0589 e. The fraction of sp³-hybridized carbons (Fsp3) is 1.00. The molecule has 0 bridgehead atoms. The Hall–Kier alpha value is 1.00. The van der Waals surface area contributed by atoms with Crippen molar-refractivity contribution in [2.45, 2.75) is 6.92 Å². The van der Waals surface area contributed by atoms with Gasteiger partial charge in [0.1, 0.15) is 0 Å². The Morgan fingerprint density at radius 2 is 2.30 bits per heavy atom. The maximum Gasteiger partial charge on any atom is 0.0589 e. The fourth-order valence-electron chi connectivity index (χ4n) is 0.603. The minimum atomic E-state index is 0.838. The highest BCUT2D eigenvalue weighted by Crippen LogP contribution is 2.11. The van der Waals surface area contributed by atoms with Crippen molar-refractivity contribution in [2.75, 3.05) is 32.7 Å². The average molecular weight is 275 g/mol. The summed E-state index contributed by atoms with van der Waals surface area (Å²) >= 11 is 2.31. The zero-order valence-electron chi connectivity index (χ0n) is 6.47. The molecule has 2 nitrogen and oxygen atoms in total. The molecule has 10 heavy (non-hydrogen) atoms. The van der Waals surface area contributed by atoms with E-state index in [9.17, 15) is 0 Å². The third kappa shape index (κ3) is 5.76. The maximum atomic E-state index is 4.97. The van der Waals surface area contributed by atoms with Gasteiger partial charge in [0.05, 0.1) is 12.5 Å². The van der Waals surface area contributed by atoms with Gasteiger partial charge in [-0.25, -0.2) is 0 Å². The molecule has 0 spiro atoms. The highest BCUT2D eigenvalue weighted by Gasteiger charge is 1.98. The van der Waals surface area contributed by atoms with Crippen LogP contribution in [0.25, 0.3) is 0 Å². The Balaban J connectivity index is 3.21. The Labute approximate surface area is 79.3 Å². The molecular formula is C6H14INOS. The van der Waals surface area contributed by atoms with Crippen LogP contribution >= 0.6 is 30.1 Å². The van der Waals surface area contributed by atoms with Crippen molar-refractivity contribution in [2.24, 2.45) is 0 Å². The van der Waals surface area contributed by atoms with Crippen molar-refractivity contribution >= 4 is 30.1 Å². The Morgan fingerprint density at radius 3 is 2.70 bits per heavy atom. The molecular weight excluding hydrogens is 261 g/mol. The topological polar surface area (TPSA) is 12.5 Å². The van der Waals surface area contributed by atoms with E-state index in [1.54, 1.807) is 7.11 Å². The van der Waals surface area contributed by atoms with Gasteiger partial charge in [0.15, 0.2) is 0 Å². The van der Waals surface area contributed by atoms with Crippen LogP contribution in [0.3, 0.4) is 0 Å². The van der Waals surface area contributed by atoms with Crippen LogP contribution in [0.4, 0.5) is 0 Å². The molecule has 0 amide bonds. The number of hydrogen-bond acceptors (Lipinski definition) is 3. The summed E-state index contributed by atoms with van der Waals surface area (Å²) in [6, 6.07) is 0. The molecule has 0 saturated heterocycles. The number of methoxy groups -OCH3 is 1. The molecule has 0 rings (SSSR count). The summed E-state index contributed by atoms with van der Waals surface area (Å²) < 4.78 is 4.97. The summed E-state index contributed by atoms with van der Waals surface area (Å²) in [6.45, 7) is 5.16. The van der Waals surface area contributed by atoms with E-state index >= 15 is 0 Å². The van der Waals surface area contributed by atoms with Crippen LogP contribution < -0.4 is 0 Å². The zero-order chi connectivity index (χ0) is 7.82. The lowest BCUT2D eigenvalue weighted by atomic mass is 10.5. The number of hydrogen-bond donors (Lipinski definition) is 0. The fourth-order valence-corrected chi connectivity index (χ4v) is 2.23. The van der Waals surface area contributed by atoms with Crippen LogP contribution in [0.15, 0.2) is 0 Å². The molecule has 0 unspecified atom stereocenters. The first kappa shape index (κ1) is 11.0. The predicted octanol–water partition coefficient (Wildman–Crippen LogP) is 2.00. The van der Waals surface area contributed by atoms with E-state index in [0.717, 1.165) is 25.6 Å². The number of likely N-dealkylation sites (N-methyl/N-ethyl adjacent to an activating group) is 1. The molecule has 0 saturated carbocycles. The number of rotatable bonds is 6. The Morgan fingerprint density at radius 1 is 1.60 bits per heavy atom. The minimum absolute atomic E-state index is 0.838. The molecule has 0 aliphatic carbocycles. The lowest BCUT2D eigenvalue weighted by Crippen LogP contribution is -2.26.